The average molecular weight is 334 g/mol. The number of nitrogens with one attached hydrogen (secondary N) is 2. The van der Waals surface area contributed by atoms with Gasteiger partial charge in [-0.05, 0) is 35.9 Å². The van der Waals surface area contributed by atoms with Crippen LogP contribution in [-0.4, -0.2) is 11.8 Å². The zero-order valence-corrected chi connectivity index (χ0v) is 12.4. The Labute approximate surface area is 135 Å². The van der Waals surface area contributed by atoms with Crippen LogP contribution in [-0.2, 0) is 15.8 Å². The van der Waals surface area contributed by atoms with E-state index in [1.807, 2.05) is 0 Å². The van der Waals surface area contributed by atoms with Crippen molar-refractivity contribution in [3.63, 3.8) is 0 Å². The van der Waals surface area contributed by atoms with Crippen LogP contribution < -0.4 is 10.6 Å². The van der Waals surface area contributed by atoms with Gasteiger partial charge < -0.3 is 10.6 Å². The van der Waals surface area contributed by atoms with Gasteiger partial charge in [0.1, 0.15) is 0 Å². The fourth-order valence-electron chi connectivity index (χ4n) is 2.62. The second-order valence-corrected chi connectivity index (χ2v) is 5.46. The van der Waals surface area contributed by atoms with Crippen molar-refractivity contribution in [1.82, 2.24) is 0 Å². The van der Waals surface area contributed by atoms with E-state index >= 15 is 0 Å². The van der Waals surface area contributed by atoms with Crippen LogP contribution in [0.4, 0.5) is 24.5 Å². The summed E-state index contributed by atoms with van der Waals surface area (Å²) in [6, 6.07) is 11.2. The smallest absolute Gasteiger partial charge is 0.326 e. The summed E-state index contributed by atoms with van der Waals surface area (Å²) in [4.78, 5) is 24.1. The van der Waals surface area contributed by atoms with Crippen molar-refractivity contribution >= 4 is 23.2 Å². The Morgan fingerprint density at radius 1 is 1.08 bits per heavy atom. The molecule has 24 heavy (non-hydrogen) atoms. The fourth-order valence-corrected chi connectivity index (χ4v) is 2.62. The van der Waals surface area contributed by atoms with Gasteiger partial charge >= 0.3 is 6.18 Å². The minimum atomic E-state index is -4.42. The van der Waals surface area contributed by atoms with Crippen molar-refractivity contribution in [3.05, 3.63) is 59.7 Å². The number of fused-ring (bicyclic) bond motifs is 1. The number of anilines is 2. The second-order valence-electron chi connectivity index (χ2n) is 5.46. The summed E-state index contributed by atoms with van der Waals surface area (Å²) in [5, 5.41) is 5.21. The van der Waals surface area contributed by atoms with Crippen molar-refractivity contribution in [1.29, 1.82) is 0 Å². The molecular weight excluding hydrogens is 321 g/mol. The van der Waals surface area contributed by atoms with E-state index in [9.17, 15) is 22.8 Å². The lowest BCUT2D eigenvalue weighted by molar-refractivity contribution is -0.137. The number of hydrogen-bond acceptors (Lipinski definition) is 2. The minimum absolute atomic E-state index is 0.0795. The maximum Gasteiger partial charge on any atom is 0.416 e. The molecule has 0 saturated carbocycles. The molecule has 1 atom stereocenters. The molecule has 2 amide bonds. The lowest BCUT2D eigenvalue weighted by Crippen LogP contribution is -2.20. The van der Waals surface area contributed by atoms with Gasteiger partial charge in [0, 0.05) is 17.8 Å². The highest BCUT2D eigenvalue weighted by molar-refractivity contribution is 6.06. The molecule has 2 aromatic rings. The van der Waals surface area contributed by atoms with E-state index in [4.69, 9.17) is 0 Å². The van der Waals surface area contributed by atoms with Crippen molar-refractivity contribution in [2.24, 2.45) is 0 Å². The first kappa shape index (κ1) is 16.0. The molecule has 1 heterocycles. The standard InChI is InChI=1S/C17H13F3N2O2/c18-17(19,20)10-5-7-11(8-6-10)21-15(23)9-13-12-3-1-2-4-14(12)22-16(13)24/h1-8,13H,9H2,(H,21,23)(H,22,24). The molecule has 0 spiro atoms. The van der Waals surface area contributed by atoms with Crippen molar-refractivity contribution in [3.8, 4) is 0 Å². The highest BCUT2D eigenvalue weighted by atomic mass is 19.4. The van der Waals surface area contributed by atoms with E-state index in [0.717, 1.165) is 17.7 Å². The second kappa shape index (κ2) is 5.99. The molecule has 3 rings (SSSR count). The Balaban J connectivity index is 1.67. The predicted octanol–water partition coefficient (Wildman–Crippen LogP) is 3.77. The third-order valence-electron chi connectivity index (χ3n) is 3.80. The molecule has 1 unspecified atom stereocenters. The van der Waals surface area contributed by atoms with Crippen molar-refractivity contribution < 1.29 is 22.8 Å². The Kier molecular flexibility index (Phi) is 4.01. The monoisotopic (exact) mass is 334 g/mol. The molecular formula is C17H13F3N2O2. The Hall–Kier alpha value is -2.83. The first-order valence-electron chi connectivity index (χ1n) is 7.21. The Bertz CT molecular complexity index is 785. The highest BCUT2D eigenvalue weighted by Gasteiger charge is 2.32. The maximum atomic E-state index is 12.5. The molecule has 0 aliphatic carbocycles. The van der Waals surface area contributed by atoms with Crippen LogP contribution in [0.5, 0.6) is 0 Å². The molecule has 1 aliphatic heterocycles. The Morgan fingerprint density at radius 3 is 2.42 bits per heavy atom. The third kappa shape index (κ3) is 3.24. The zero-order chi connectivity index (χ0) is 17.3. The van der Waals surface area contributed by atoms with Gasteiger partial charge in [0.05, 0.1) is 11.5 Å². The molecule has 0 fully saturated rings. The fraction of sp³-hybridized carbons (Fsp3) is 0.176. The van der Waals surface area contributed by atoms with Crippen LogP contribution in [0.2, 0.25) is 0 Å². The van der Waals surface area contributed by atoms with E-state index in [1.54, 1.807) is 24.3 Å². The van der Waals surface area contributed by atoms with Crippen molar-refractivity contribution in [2.45, 2.75) is 18.5 Å². The van der Waals surface area contributed by atoms with E-state index < -0.39 is 23.6 Å². The minimum Gasteiger partial charge on any atom is -0.326 e. The van der Waals surface area contributed by atoms with Crippen LogP contribution in [0.15, 0.2) is 48.5 Å². The van der Waals surface area contributed by atoms with E-state index in [0.29, 0.717) is 5.69 Å². The topological polar surface area (TPSA) is 58.2 Å². The lowest BCUT2D eigenvalue weighted by atomic mass is 9.97. The van der Waals surface area contributed by atoms with Crippen LogP contribution in [0.25, 0.3) is 0 Å². The molecule has 1 aliphatic rings. The van der Waals surface area contributed by atoms with Gasteiger partial charge in [0.15, 0.2) is 0 Å². The number of carbonyl (C=O) groups excluding carboxylic acids is 2. The highest BCUT2D eigenvalue weighted by Crippen LogP contribution is 2.34. The van der Waals surface area contributed by atoms with Crippen LogP contribution >= 0.6 is 0 Å². The predicted molar refractivity (Wildman–Crippen MR) is 82.5 cm³/mol. The van der Waals surface area contributed by atoms with Gasteiger partial charge in [0.2, 0.25) is 11.8 Å². The number of amides is 2. The SMILES string of the molecule is O=C(CC1C(=O)Nc2ccccc21)Nc1ccc(C(F)(F)F)cc1. The summed E-state index contributed by atoms with van der Waals surface area (Å²) in [7, 11) is 0. The molecule has 124 valence electrons. The maximum absolute atomic E-state index is 12.5. The molecule has 7 heteroatoms. The normalized spacial score (nSPS) is 16.5. The number of rotatable bonds is 3. The first-order chi connectivity index (χ1) is 11.3. The van der Waals surface area contributed by atoms with Crippen molar-refractivity contribution in [2.75, 3.05) is 10.6 Å². The molecule has 0 bridgehead atoms. The van der Waals surface area contributed by atoms with Gasteiger partial charge in [-0.1, -0.05) is 18.2 Å². The summed E-state index contributed by atoms with van der Waals surface area (Å²) < 4.78 is 37.5. The van der Waals surface area contributed by atoms with E-state index in [2.05, 4.69) is 10.6 Å². The van der Waals surface area contributed by atoms with Crippen LogP contribution in [0, 0.1) is 0 Å². The summed E-state index contributed by atoms with van der Waals surface area (Å²) in [6.45, 7) is 0. The largest absolute Gasteiger partial charge is 0.416 e. The van der Waals surface area contributed by atoms with Crippen LogP contribution in [0.1, 0.15) is 23.5 Å². The molecule has 0 aromatic heterocycles. The van der Waals surface area contributed by atoms with E-state index in [1.165, 1.54) is 12.1 Å². The first-order valence-corrected chi connectivity index (χ1v) is 7.21. The lowest BCUT2D eigenvalue weighted by Gasteiger charge is -2.11. The van der Waals surface area contributed by atoms with Gasteiger partial charge in [0.25, 0.3) is 0 Å². The Morgan fingerprint density at radius 2 is 1.75 bits per heavy atom. The number of halogens is 3. The van der Waals surface area contributed by atoms with Gasteiger partial charge in [-0.25, -0.2) is 0 Å². The molecule has 2 N–H and O–H groups in total. The quantitative estimate of drug-likeness (QED) is 0.898. The summed E-state index contributed by atoms with van der Waals surface area (Å²) in [5.74, 6) is -1.30. The molecule has 2 aromatic carbocycles. The number of para-hydroxylation sites is 1. The number of alkyl halides is 3. The van der Waals surface area contributed by atoms with E-state index in [-0.39, 0.29) is 18.0 Å². The number of carbonyl (C=O) groups is 2. The third-order valence-corrected chi connectivity index (χ3v) is 3.80. The summed E-state index contributed by atoms with van der Waals surface area (Å²) >= 11 is 0. The molecule has 0 saturated heterocycles. The summed E-state index contributed by atoms with van der Waals surface area (Å²) in [6.07, 6.45) is -4.50. The number of hydrogen-bond donors (Lipinski definition) is 2. The molecule has 4 nitrogen and oxygen atoms in total. The average Bonchev–Trinajstić information content (AvgIpc) is 2.83. The van der Waals surface area contributed by atoms with Crippen LogP contribution in [0.3, 0.4) is 0 Å². The number of benzene rings is 2. The van der Waals surface area contributed by atoms with Gasteiger partial charge in [-0.15, -0.1) is 0 Å². The van der Waals surface area contributed by atoms with Gasteiger partial charge in [-0.3, -0.25) is 9.59 Å². The van der Waals surface area contributed by atoms with Gasteiger partial charge in [-0.2, -0.15) is 13.2 Å². The zero-order valence-electron chi connectivity index (χ0n) is 12.4. The summed E-state index contributed by atoms with van der Waals surface area (Å²) in [5.41, 5.74) is 0.879. The molecule has 0 radical (unpaired) electrons.